The van der Waals surface area contributed by atoms with Gasteiger partial charge in [-0.25, -0.2) is 0 Å². The Balaban J connectivity index is 1.47. The second-order valence-electron chi connectivity index (χ2n) is 7.92. The first-order chi connectivity index (χ1) is 13.6. The van der Waals surface area contributed by atoms with Gasteiger partial charge in [0.05, 0.1) is 30.3 Å². The lowest BCUT2D eigenvalue weighted by atomic mass is 9.97. The lowest BCUT2D eigenvalue weighted by Crippen LogP contribution is -2.32. The maximum atomic E-state index is 6.46. The maximum absolute atomic E-state index is 6.46. The molecular weight excluding hydrogens is 356 g/mol. The molecule has 2 aliphatic heterocycles. The number of rotatable bonds is 1. The van der Waals surface area contributed by atoms with Crippen molar-refractivity contribution < 1.29 is 14.2 Å². The second-order valence-corrected chi connectivity index (χ2v) is 7.92. The molecule has 7 nitrogen and oxygen atoms in total. The predicted octanol–water partition coefficient (Wildman–Crippen LogP) is 3.13. The topological polar surface area (TPSA) is 94.8 Å². The van der Waals surface area contributed by atoms with Crippen molar-refractivity contribution in [1.82, 2.24) is 10.2 Å². The summed E-state index contributed by atoms with van der Waals surface area (Å²) in [5.41, 5.74) is 9.40. The number of H-pyrrole nitrogens is 1. The van der Waals surface area contributed by atoms with Gasteiger partial charge >= 0.3 is 0 Å². The van der Waals surface area contributed by atoms with E-state index in [0.29, 0.717) is 24.7 Å². The van der Waals surface area contributed by atoms with Crippen molar-refractivity contribution in [3.63, 3.8) is 0 Å². The number of nitrogens with zero attached hydrogens (tertiary/aromatic N) is 2. The van der Waals surface area contributed by atoms with Gasteiger partial charge in [-0.15, -0.1) is 0 Å². The van der Waals surface area contributed by atoms with Crippen LogP contribution in [0.3, 0.4) is 0 Å². The molecule has 2 fully saturated rings. The standard InChI is InChI=1S/C21H20N4O3/c1-20-18-21(20,11-27-18)7-8-26-19(22)24-16-9-12(5-6-17(16)28-20)13-3-2-4-15-14(13)10-23-25-15/h2-6,9-10,18H,7-8,11H2,1H3,(H2,22,24)(H,23,25). The molecule has 3 N–H and O–H groups in total. The Morgan fingerprint density at radius 1 is 1.25 bits per heavy atom. The third-order valence-corrected chi connectivity index (χ3v) is 6.52. The molecule has 6 rings (SSSR count). The minimum atomic E-state index is -0.348. The van der Waals surface area contributed by atoms with E-state index >= 15 is 0 Å². The summed E-state index contributed by atoms with van der Waals surface area (Å²) in [5, 5.41) is 8.21. The number of aliphatic imine (C=N–C) groups is 1. The molecule has 142 valence electrons. The highest BCUT2D eigenvalue weighted by Crippen LogP contribution is 2.69. The quantitative estimate of drug-likeness (QED) is 0.680. The minimum Gasteiger partial charge on any atom is -0.482 e. The molecule has 3 heterocycles. The molecule has 1 spiro atoms. The molecule has 1 saturated carbocycles. The smallest absolute Gasteiger partial charge is 0.287 e. The Kier molecular flexibility index (Phi) is 3.00. The molecule has 1 aliphatic carbocycles. The second kappa shape index (κ2) is 5.26. The molecule has 0 radical (unpaired) electrons. The van der Waals surface area contributed by atoms with E-state index in [1.54, 1.807) is 0 Å². The van der Waals surface area contributed by atoms with Crippen molar-refractivity contribution >= 4 is 22.6 Å². The molecule has 3 atom stereocenters. The zero-order chi connectivity index (χ0) is 18.9. The van der Waals surface area contributed by atoms with E-state index in [1.807, 2.05) is 36.5 Å². The van der Waals surface area contributed by atoms with Crippen LogP contribution in [0.1, 0.15) is 13.3 Å². The van der Waals surface area contributed by atoms with E-state index < -0.39 is 0 Å². The lowest BCUT2D eigenvalue weighted by molar-refractivity contribution is -0.0441. The zero-order valence-corrected chi connectivity index (χ0v) is 15.4. The molecular formula is C21H20N4O3. The fourth-order valence-corrected chi connectivity index (χ4v) is 4.76. The highest BCUT2D eigenvalue weighted by molar-refractivity contribution is 5.95. The van der Waals surface area contributed by atoms with Crippen molar-refractivity contribution in [3.05, 3.63) is 42.6 Å². The van der Waals surface area contributed by atoms with Crippen LogP contribution in [0.2, 0.25) is 0 Å². The normalized spacial score (nSPS) is 30.6. The summed E-state index contributed by atoms with van der Waals surface area (Å²) in [6.07, 6.45) is 2.79. The van der Waals surface area contributed by atoms with Gasteiger partial charge in [0.25, 0.3) is 6.02 Å². The highest BCUT2D eigenvalue weighted by Gasteiger charge is 2.83. The highest BCUT2D eigenvalue weighted by atomic mass is 16.6. The molecule has 1 saturated heterocycles. The first-order valence-corrected chi connectivity index (χ1v) is 9.45. The van der Waals surface area contributed by atoms with Gasteiger partial charge in [0.1, 0.15) is 23.1 Å². The minimum absolute atomic E-state index is 0.0168. The molecule has 2 aromatic carbocycles. The summed E-state index contributed by atoms with van der Waals surface area (Å²) < 4.78 is 17.9. The van der Waals surface area contributed by atoms with Gasteiger partial charge in [-0.2, -0.15) is 10.1 Å². The van der Waals surface area contributed by atoms with E-state index in [4.69, 9.17) is 19.9 Å². The largest absolute Gasteiger partial charge is 0.482 e. The molecule has 3 aromatic rings. The summed E-state index contributed by atoms with van der Waals surface area (Å²) in [6.45, 7) is 3.32. The number of aromatic amines is 1. The van der Waals surface area contributed by atoms with Crippen LogP contribution < -0.4 is 10.5 Å². The van der Waals surface area contributed by atoms with Crippen LogP contribution in [0, 0.1) is 5.41 Å². The summed E-state index contributed by atoms with van der Waals surface area (Å²) in [5.74, 6) is 0.691. The van der Waals surface area contributed by atoms with Gasteiger partial charge in [-0.1, -0.05) is 18.2 Å². The number of nitrogens with two attached hydrogens (primary N) is 1. The van der Waals surface area contributed by atoms with E-state index in [1.165, 1.54) is 0 Å². The summed E-state index contributed by atoms with van der Waals surface area (Å²) in [6, 6.07) is 12.2. The Bertz CT molecular complexity index is 1140. The number of hydrogen-bond acceptors (Lipinski definition) is 6. The number of ether oxygens (including phenoxy) is 3. The number of hydrogen-bond donors (Lipinski definition) is 2. The Morgan fingerprint density at radius 2 is 2.18 bits per heavy atom. The Hall–Kier alpha value is -3.06. The number of benzene rings is 2. The Morgan fingerprint density at radius 3 is 3.04 bits per heavy atom. The third kappa shape index (κ3) is 1.97. The van der Waals surface area contributed by atoms with Gasteiger partial charge < -0.3 is 19.9 Å². The SMILES string of the molecule is CC12Oc3ccc(-c4cccc5[nH]ncc45)cc3N=C(N)OCCC13COC32. The average Bonchev–Trinajstić information content (AvgIpc) is 2.99. The van der Waals surface area contributed by atoms with Crippen molar-refractivity contribution in [2.45, 2.75) is 25.0 Å². The number of nitrogens with one attached hydrogen (secondary N) is 1. The zero-order valence-electron chi connectivity index (χ0n) is 15.4. The average molecular weight is 376 g/mol. The van der Waals surface area contributed by atoms with E-state index in [9.17, 15) is 0 Å². The summed E-state index contributed by atoms with van der Waals surface area (Å²) in [7, 11) is 0. The van der Waals surface area contributed by atoms with Gasteiger partial charge in [-0.3, -0.25) is 5.10 Å². The molecule has 0 bridgehead atoms. The van der Waals surface area contributed by atoms with Crippen LogP contribution >= 0.6 is 0 Å². The van der Waals surface area contributed by atoms with Crippen molar-refractivity contribution in [2.24, 2.45) is 16.1 Å². The van der Waals surface area contributed by atoms with Crippen LogP contribution in [0.5, 0.6) is 5.75 Å². The van der Waals surface area contributed by atoms with Crippen molar-refractivity contribution in [3.8, 4) is 16.9 Å². The predicted molar refractivity (Wildman–Crippen MR) is 105 cm³/mol. The number of amidine groups is 1. The first kappa shape index (κ1) is 15.9. The number of aromatic nitrogens is 2. The van der Waals surface area contributed by atoms with Crippen molar-refractivity contribution in [1.29, 1.82) is 0 Å². The lowest BCUT2D eigenvalue weighted by Gasteiger charge is -2.26. The molecule has 7 heteroatoms. The van der Waals surface area contributed by atoms with Gasteiger partial charge in [-0.05, 0) is 42.7 Å². The molecule has 3 aliphatic rings. The van der Waals surface area contributed by atoms with Crippen LogP contribution in [0.15, 0.2) is 47.6 Å². The van der Waals surface area contributed by atoms with Gasteiger partial charge in [0, 0.05) is 5.39 Å². The van der Waals surface area contributed by atoms with E-state index in [0.717, 1.165) is 28.5 Å². The van der Waals surface area contributed by atoms with Crippen LogP contribution in [0.4, 0.5) is 5.69 Å². The van der Waals surface area contributed by atoms with Crippen LogP contribution in [0.25, 0.3) is 22.0 Å². The summed E-state index contributed by atoms with van der Waals surface area (Å²) in [4.78, 5) is 4.49. The maximum Gasteiger partial charge on any atom is 0.287 e. The first-order valence-electron chi connectivity index (χ1n) is 9.45. The molecule has 28 heavy (non-hydrogen) atoms. The summed E-state index contributed by atoms with van der Waals surface area (Å²) >= 11 is 0. The van der Waals surface area contributed by atoms with Crippen LogP contribution in [-0.2, 0) is 9.47 Å². The number of fused-ring (bicyclic) bond motifs is 3. The Labute approximate surface area is 161 Å². The van der Waals surface area contributed by atoms with E-state index in [2.05, 4.69) is 28.2 Å². The monoisotopic (exact) mass is 376 g/mol. The van der Waals surface area contributed by atoms with E-state index in [-0.39, 0.29) is 23.1 Å². The molecule has 1 aromatic heterocycles. The molecule has 3 unspecified atom stereocenters. The fourth-order valence-electron chi connectivity index (χ4n) is 4.76. The van der Waals surface area contributed by atoms with Crippen molar-refractivity contribution in [2.75, 3.05) is 13.2 Å². The van der Waals surface area contributed by atoms with Crippen LogP contribution in [-0.4, -0.2) is 41.1 Å². The van der Waals surface area contributed by atoms with Gasteiger partial charge in [0.2, 0.25) is 0 Å². The molecule has 0 amide bonds. The van der Waals surface area contributed by atoms with Gasteiger partial charge in [0.15, 0.2) is 0 Å². The third-order valence-electron chi connectivity index (χ3n) is 6.52. The fraction of sp³-hybridized carbons (Fsp3) is 0.333.